The van der Waals surface area contributed by atoms with Crippen LogP contribution in [-0.2, 0) is 9.59 Å². The second kappa shape index (κ2) is 13.5. The zero-order valence-electron chi connectivity index (χ0n) is 23.7. The Morgan fingerprint density at radius 2 is 1.86 bits per heavy atom. The number of carboxylic acids is 1. The second-order valence-corrected chi connectivity index (χ2v) is 10.7. The van der Waals surface area contributed by atoms with Crippen molar-refractivity contribution in [3.05, 3.63) is 66.7 Å². The number of allylic oxidation sites excluding steroid dienone is 2. The fraction of sp³-hybridized carbons (Fsp3) is 0.375. The van der Waals surface area contributed by atoms with E-state index in [2.05, 4.69) is 10.6 Å². The third kappa shape index (κ3) is 6.88. The van der Waals surface area contributed by atoms with E-state index in [-0.39, 0.29) is 25.4 Å². The number of rotatable bonds is 5. The number of methoxy groups -OCH3 is 1. The number of nitrogens with zero attached hydrogens (tertiary/aromatic N) is 1. The van der Waals surface area contributed by atoms with Gasteiger partial charge in [-0.1, -0.05) is 42.5 Å². The Bertz CT molecular complexity index is 1460. The molecule has 1 saturated heterocycles. The van der Waals surface area contributed by atoms with Crippen LogP contribution in [0.3, 0.4) is 0 Å². The Hall–Kier alpha value is -4.44. The van der Waals surface area contributed by atoms with E-state index in [0.29, 0.717) is 34.9 Å². The van der Waals surface area contributed by atoms with E-state index < -0.39 is 30.1 Å². The standard InChI is InChI=1S/C32H36N4O6/c1-41-22-14-15-24-27(17-22)34-26(21-11-7-6-8-12-21)19-29(24)42-23-18-28-30(37)35-25(31(38)39)13-9-4-2-3-5-10-16-33-32(40)36(28)20-23/h2,4,6-8,11-12,14-15,17,19,23,25,28H,3,5,9-10,13,16,18,20H2,1H3,(H,33,40)(H,35,37)(H,38,39)/p+1. The van der Waals surface area contributed by atoms with Gasteiger partial charge in [0.2, 0.25) is 0 Å². The van der Waals surface area contributed by atoms with Gasteiger partial charge in [-0.05, 0) is 44.2 Å². The van der Waals surface area contributed by atoms with Gasteiger partial charge in [-0.25, -0.2) is 19.5 Å². The average molecular weight is 574 g/mol. The number of fused-ring (bicyclic) bond motifs is 2. The van der Waals surface area contributed by atoms with Crippen molar-refractivity contribution >= 4 is 28.8 Å². The predicted molar refractivity (Wildman–Crippen MR) is 158 cm³/mol. The molecule has 42 heavy (non-hydrogen) atoms. The molecular formula is C32H37N4O6+. The van der Waals surface area contributed by atoms with Gasteiger partial charge in [0, 0.05) is 29.6 Å². The number of ether oxygens (including phenoxy) is 2. The highest BCUT2D eigenvalue weighted by Gasteiger charge is 2.47. The number of aromatic nitrogens is 1. The molecule has 0 spiro atoms. The second-order valence-electron chi connectivity index (χ2n) is 10.7. The molecule has 4 N–H and O–H groups in total. The Kier molecular flexibility index (Phi) is 9.33. The van der Waals surface area contributed by atoms with Gasteiger partial charge in [0.05, 0.1) is 24.7 Å². The van der Waals surface area contributed by atoms with Crippen LogP contribution in [0.2, 0.25) is 0 Å². The van der Waals surface area contributed by atoms with Crippen molar-refractivity contribution in [1.82, 2.24) is 15.6 Å². The molecule has 0 aliphatic carbocycles. The van der Waals surface area contributed by atoms with Crippen molar-refractivity contribution in [2.75, 3.05) is 20.2 Å². The quantitative estimate of drug-likeness (QED) is 0.345. The molecule has 4 unspecified atom stereocenters. The summed E-state index contributed by atoms with van der Waals surface area (Å²) in [4.78, 5) is 43.9. The van der Waals surface area contributed by atoms with E-state index in [1.807, 2.05) is 66.7 Å². The summed E-state index contributed by atoms with van der Waals surface area (Å²) in [5.74, 6) is -0.305. The molecule has 3 aromatic rings. The van der Waals surface area contributed by atoms with E-state index in [4.69, 9.17) is 14.5 Å². The van der Waals surface area contributed by atoms with Crippen molar-refractivity contribution in [1.29, 1.82) is 0 Å². The summed E-state index contributed by atoms with van der Waals surface area (Å²) in [6.07, 6.45) is 7.16. The van der Waals surface area contributed by atoms with Crippen LogP contribution in [0.1, 0.15) is 38.5 Å². The highest BCUT2D eigenvalue weighted by Crippen LogP contribution is 2.33. The first-order chi connectivity index (χ1) is 20.4. The number of carbonyl (C=O) groups excluding carboxylic acids is 2. The molecule has 4 atom stereocenters. The van der Waals surface area contributed by atoms with Gasteiger partial charge >= 0.3 is 12.0 Å². The molecule has 3 heterocycles. The van der Waals surface area contributed by atoms with E-state index in [0.717, 1.165) is 35.9 Å². The summed E-state index contributed by atoms with van der Waals surface area (Å²) in [5, 5.41) is 16.2. The zero-order chi connectivity index (χ0) is 29.5. The van der Waals surface area contributed by atoms with Crippen LogP contribution in [0.15, 0.2) is 66.7 Å². The number of pyridine rings is 1. The number of aliphatic carboxylic acids is 1. The van der Waals surface area contributed by atoms with Gasteiger partial charge < -0.3 is 25.2 Å². The SMILES string of the molecule is COc1ccc2c(OC3CC4C(=O)NC(C(=O)O)CCC=CCCCCNC(=O)[NH+]4C3)cc(-c3ccccc3)nc2c1. The molecule has 2 aliphatic heterocycles. The zero-order valence-corrected chi connectivity index (χ0v) is 23.7. The highest BCUT2D eigenvalue weighted by molar-refractivity contribution is 5.89. The smallest absolute Gasteiger partial charge is 0.415 e. The number of amides is 3. The van der Waals surface area contributed by atoms with Crippen LogP contribution in [0.5, 0.6) is 11.5 Å². The number of urea groups is 1. The van der Waals surface area contributed by atoms with E-state index >= 15 is 0 Å². The maximum atomic E-state index is 13.4. The number of nitrogens with one attached hydrogen (secondary N) is 3. The molecule has 2 aromatic carbocycles. The number of carboxylic acid groups (broad SMARTS) is 1. The van der Waals surface area contributed by atoms with Crippen molar-refractivity contribution in [3.8, 4) is 22.8 Å². The molecule has 0 radical (unpaired) electrons. The first kappa shape index (κ1) is 29.1. The molecule has 5 rings (SSSR count). The van der Waals surface area contributed by atoms with Gasteiger partial charge in [-0.2, -0.15) is 0 Å². The van der Waals surface area contributed by atoms with Crippen molar-refractivity contribution in [2.24, 2.45) is 0 Å². The lowest BCUT2D eigenvalue weighted by Gasteiger charge is -2.20. The van der Waals surface area contributed by atoms with Crippen molar-refractivity contribution < 1.29 is 33.9 Å². The molecular weight excluding hydrogens is 536 g/mol. The molecule has 3 amide bonds. The Morgan fingerprint density at radius 1 is 1.05 bits per heavy atom. The van der Waals surface area contributed by atoms with E-state index in [1.165, 1.54) is 0 Å². The minimum atomic E-state index is -1.09. The average Bonchev–Trinajstić information content (AvgIpc) is 3.43. The lowest BCUT2D eigenvalue weighted by Crippen LogP contribution is -3.19. The number of carbonyl (C=O) groups is 3. The van der Waals surface area contributed by atoms with Crippen molar-refractivity contribution in [3.63, 3.8) is 0 Å². The van der Waals surface area contributed by atoms with Crippen LogP contribution in [-0.4, -0.2) is 66.4 Å². The predicted octanol–water partition coefficient (Wildman–Crippen LogP) is 3.11. The lowest BCUT2D eigenvalue weighted by atomic mass is 10.1. The third-order valence-corrected chi connectivity index (χ3v) is 7.80. The lowest BCUT2D eigenvalue weighted by molar-refractivity contribution is -0.820. The molecule has 10 nitrogen and oxygen atoms in total. The minimum absolute atomic E-state index is 0.251. The summed E-state index contributed by atoms with van der Waals surface area (Å²) < 4.78 is 12.0. The van der Waals surface area contributed by atoms with Crippen LogP contribution in [0, 0.1) is 0 Å². The maximum absolute atomic E-state index is 13.4. The summed E-state index contributed by atoms with van der Waals surface area (Å²) >= 11 is 0. The molecule has 220 valence electrons. The molecule has 2 aliphatic rings. The van der Waals surface area contributed by atoms with Crippen LogP contribution in [0.4, 0.5) is 4.79 Å². The van der Waals surface area contributed by atoms with E-state index in [1.54, 1.807) is 7.11 Å². The van der Waals surface area contributed by atoms with E-state index in [9.17, 15) is 19.5 Å². The Balaban J connectivity index is 1.44. The molecule has 1 fully saturated rings. The molecule has 0 saturated carbocycles. The molecule has 10 heteroatoms. The summed E-state index contributed by atoms with van der Waals surface area (Å²) in [7, 11) is 1.60. The Morgan fingerprint density at radius 3 is 2.64 bits per heavy atom. The van der Waals surface area contributed by atoms with Crippen LogP contribution < -0.4 is 25.0 Å². The summed E-state index contributed by atoms with van der Waals surface area (Å²) in [6, 6.07) is 15.1. The number of hydrogen-bond acceptors (Lipinski definition) is 6. The third-order valence-electron chi connectivity index (χ3n) is 7.80. The number of benzene rings is 2. The minimum Gasteiger partial charge on any atom is -0.497 e. The van der Waals surface area contributed by atoms with Crippen LogP contribution >= 0.6 is 0 Å². The molecule has 0 bridgehead atoms. The monoisotopic (exact) mass is 573 g/mol. The van der Waals surface area contributed by atoms with Crippen LogP contribution in [0.25, 0.3) is 22.2 Å². The summed E-state index contributed by atoms with van der Waals surface area (Å²) in [5.41, 5.74) is 2.34. The number of quaternary nitrogens is 1. The van der Waals surface area contributed by atoms with Crippen molar-refractivity contribution in [2.45, 2.75) is 56.7 Å². The topological polar surface area (TPSA) is 131 Å². The molecule has 1 aromatic heterocycles. The maximum Gasteiger partial charge on any atom is 0.415 e. The normalized spacial score (nSPS) is 23.6. The fourth-order valence-corrected chi connectivity index (χ4v) is 5.55. The highest BCUT2D eigenvalue weighted by atomic mass is 16.5. The van der Waals surface area contributed by atoms with Gasteiger partial charge in [0.1, 0.15) is 24.1 Å². The first-order valence-corrected chi connectivity index (χ1v) is 14.5. The summed E-state index contributed by atoms with van der Waals surface area (Å²) in [6.45, 7) is 0.759. The van der Waals surface area contributed by atoms with Gasteiger partial charge in [-0.15, -0.1) is 0 Å². The van der Waals surface area contributed by atoms with Gasteiger partial charge in [0.25, 0.3) is 5.91 Å². The fourth-order valence-electron chi connectivity index (χ4n) is 5.55. The largest absolute Gasteiger partial charge is 0.497 e. The Labute approximate surface area is 244 Å². The first-order valence-electron chi connectivity index (χ1n) is 14.5. The van der Waals surface area contributed by atoms with Gasteiger partial charge in [-0.3, -0.25) is 4.79 Å². The van der Waals surface area contributed by atoms with Gasteiger partial charge in [0.15, 0.2) is 12.1 Å². The number of hydrogen-bond donors (Lipinski definition) is 4.